The molecule has 146 valence electrons. The van der Waals surface area contributed by atoms with Crippen molar-refractivity contribution in [1.29, 1.82) is 0 Å². The smallest absolute Gasteiger partial charge is 0.278 e. The van der Waals surface area contributed by atoms with E-state index in [0.717, 1.165) is 44.0 Å². The van der Waals surface area contributed by atoms with E-state index < -0.39 is 0 Å². The molecule has 0 amide bonds. The summed E-state index contributed by atoms with van der Waals surface area (Å²) in [6.45, 7) is 9.46. The Morgan fingerprint density at radius 3 is 2.46 bits per heavy atom. The Morgan fingerprint density at radius 1 is 1.07 bits per heavy atom. The summed E-state index contributed by atoms with van der Waals surface area (Å²) in [5, 5.41) is 4.20. The van der Waals surface area contributed by atoms with Gasteiger partial charge in [-0.1, -0.05) is 43.3 Å². The average molecular weight is 377 g/mol. The van der Waals surface area contributed by atoms with Gasteiger partial charge in [0.25, 0.3) is 5.89 Å². The maximum absolute atomic E-state index is 5.42. The van der Waals surface area contributed by atoms with Gasteiger partial charge in [-0.25, -0.2) is 4.98 Å². The molecule has 0 N–H and O–H groups in total. The van der Waals surface area contributed by atoms with E-state index in [0.29, 0.717) is 23.4 Å². The minimum Gasteiger partial charge on any atom is -0.332 e. The Morgan fingerprint density at radius 2 is 1.82 bits per heavy atom. The molecule has 2 aromatic heterocycles. The first-order valence-electron chi connectivity index (χ1n) is 10.0. The molecule has 0 spiro atoms. The monoisotopic (exact) mass is 377 g/mol. The van der Waals surface area contributed by atoms with Gasteiger partial charge in [0, 0.05) is 18.7 Å². The third kappa shape index (κ3) is 4.28. The van der Waals surface area contributed by atoms with E-state index >= 15 is 0 Å². The maximum atomic E-state index is 5.42. The van der Waals surface area contributed by atoms with Crippen LogP contribution >= 0.6 is 0 Å². The second-order valence-corrected chi connectivity index (χ2v) is 7.95. The van der Waals surface area contributed by atoms with Crippen molar-refractivity contribution in [3.63, 3.8) is 0 Å². The van der Waals surface area contributed by atoms with Crippen molar-refractivity contribution in [2.75, 3.05) is 13.1 Å². The van der Waals surface area contributed by atoms with Gasteiger partial charge >= 0.3 is 0 Å². The summed E-state index contributed by atoms with van der Waals surface area (Å²) in [7, 11) is 0. The SMILES string of the molecule is Cc1cnc(-c2nc(C3CCN(Cc4ccc(C(C)C)cc4)CC3)no2)cn1. The Balaban J connectivity index is 1.33. The molecule has 6 nitrogen and oxygen atoms in total. The van der Waals surface area contributed by atoms with Crippen LogP contribution < -0.4 is 0 Å². The lowest BCUT2D eigenvalue weighted by molar-refractivity contribution is 0.200. The predicted octanol–water partition coefficient (Wildman–Crippen LogP) is 4.34. The first-order chi connectivity index (χ1) is 13.6. The number of aryl methyl sites for hydroxylation is 1. The Hall–Kier alpha value is -2.60. The van der Waals surface area contributed by atoms with Gasteiger partial charge in [-0.15, -0.1) is 0 Å². The zero-order valence-corrected chi connectivity index (χ0v) is 16.8. The number of likely N-dealkylation sites (tertiary alicyclic amines) is 1. The standard InChI is InChI=1S/C22H27N5O/c1-15(2)18-6-4-17(5-7-18)14-27-10-8-19(9-11-27)21-25-22(28-26-21)20-13-23-16(3)12-24-20/h4-7,12-13,15,19H,8-11,14H2,1-3H3. The minimum atomic E-state index is 0.343. The summed E-state index contributed by atoms with van der Waals surface area (Å²) in [5.41, 5.74) is 4.28. The van der Waals surface area contributed by atoms with Crippen LogP contribution in [0.1, 0.15) is 61.2 Å². The van der Waals surface area contributed by atoms with Crippen molar-refractivity contribution in [2.24, 2.45) is 0 Å². The molecule has 1 fully saturated rings. The van der Waals surface area contributed by atoms with Gasteiger partial charge in [0.05, 0.1) is 11.9 Å². The molecule has 0 atom stereocenters. The number of aromatic nitrogens is 4. The third-order valence-electron chi connectivity index (χ3n) is 5.45. The molecule has 0 radical (unpaired) electrons. The van der Waals surface area contributed by atoms with Gasteiger partial charge in [-0.3, -0.25) is 9.88 Å². The second-order valence-electron chi connectivity index (χ2n) is 7.95. The van der Waals surface area contributed by atoms with Crippen molar-refractivity contribution >= 4 is 0 Å². The Labute approximate surface area is 166 Å². The van der Waals surface area contributed by atoms with E-state index in [9.17, 15) is 0 Å². The lowest BCUT2D eigenvalue weighted by Crippen LogP contribution is -2.32. The predicted molar refractivity (Wildman–Crippen MR) is 108 cm³/mol. The fourth-order valence-electron chi connectivity index (χ4n) is 3.62. The summed E-state index contributed by atoms with van der Waals surface area (Å²) in [6.07, 6.45) is 5.48. The number of hydrogen-bond donors (Lipinski definition) is 0. The highest BCUT2D eigenvalue weighted by atomic mass is 16.5. The quantitative estimate of drug-likeness (QED) is 0.659. The van der Waals surface area contributed by atoms with Crippen LogP contribution in [0, 0.1) is 6.92 Å². The molecule has 3 heterocycles. The number of benzene rings is 1. The molecule has 1 saturated heterocycles. The molecule has 1 aliphatic heterocycles. The number of piperidine rings is 1. The van der Waals surface area contributed by atoms with Gasteiger partial charge in [-0.2, -0.15) is 4.98 Å². The zero-order chi connectivity index (χ0) is 19.5. The van der Waals surface area contributed by atoms with Crippen molar-refractivity contribution in [1.82, 2.24) is 25.0 Å². The van der Waals surface area contributed by atoms with E-state index in [-0.39, 0.29) is 0 Å². The lowest BCUT2D eigenvalue weighted by Gasteiger charge is -2.30. The molecule has 4 rings (SSSR count). The third-order valence-corrected chi connectivity index (χ3v) is 5.45. The van der Waals surface area contributed by atoms with Gasteiger partial charge in [0.1, 0.15) is 5.69 Å². The highest BCUT2D eigenvalue weighted by Gasteiger charge is 2.25. The summed E-state index contributed by atoms with van der Waals surface area (Å²) in [5.74, 6) is 2.17. The number of rotatable bonds is 5. The van der Waals surface area contributed by atoms with Crippen LogP contribution in [-0.2, 0) is 6.54 Å². The van der Waals surface area contributed by atoms with Gasteiger partial charge in [0.15, 0.2) is 5.82 Å². The fourth-order valence-corrected chi connectivity index (χ4v) is 3.62. The fraction of sp³-hybridized carbons (Fsp3) is 0.455. The summed E-state index contributed by atoms with van der Waals surface area (Å²) in [6, 6.07) is 9.02. The summed E-state index contributed by atoms with van der Waals surface area (Å²) >= 11 is 0. The summed E-state index contributed by atoms with van der Waals surface area (Å²) < 4.78 is 5.42. The van der Waals surface area contributed by atoms with Crippen LogP contribution in [-0.4, -0.2) is 38.1 Å². The molecular formula is C22H27N5O. The van der Waals surface area contributed by atoms with E-state index in [1.165, 1.54) is 11.1 Å². The van der Waals surface area contributed by atoms with Gasteiger partial charge < -0.3 is 4.52 Å². The zero-order valence-electron chi connectivity index (χ0n) is 16.8. The molecule has 3 aromatic rings. The van der Waals surface area contributed by atoms with Crippen molar-refractivity contribution in [2.45, 2.75) is 52.0 Å². The Kier molecular flexibility index (Phi) is 5.48. The molecular weight excluding hydrogens is 350 g/mol. The lowest BCUT2D eigenvalue weighted by atomic mass is 9.95. The van der Waals surface area contributed by atoms with E-state index in [4.69, 9.17) is 4.52 Å². The van der Waals surface area contributed by atoms with Crippen LogP contribution in [0.3, 0.4) is 0 Å². The normalized spacial score (nSPS) is 16.0. The molecule has 28 heavy (non-hydrogen) atoms. The van der Waals surface area contributed by atoms with Crippen LogP contribution in [0.25, 0.3) is 11.6 Å². The molecule has 0 saturated carbocycles. The molecule has 0 aliphatic carbocycles. The molecule has 6 heteroatoms. The van der Waals surface area contributed by atoms with Gasteiger partial charge in [-0.05, 0) is 49.9 Å². The topological polar surface area (TPSA) is 67.9 Å². The van der Waals surface area contributed by atoms with Crippen LogP contribution in [0.4, 0.5) is 0 Å². The van der Waals surface area contributed by atoms with E-state index in [1.54, 1.807) is 12.4 Å². The average Bonchev–Trinajstić information content (AvgIpc) is 3.20. The van der Waals surface area contributed by atoms with E-state index in [1.807, 2.05) is 6.92 Å². The number of hydrogen-bond acceptors (Lipinski definition) is 6. The van der Waals surface area contributed by atoms with Crippen LogP contribution in [0.5, 0.6) is 0 Å². The highest BCUT2D eigenvalue weighted by Crippen LogP contribution is 2.28. The highest BCUT2D eigenvalue weighted by molar-refractivity contribution is 5.44. The van der Waals surface area contributed by atoms with Crippen LogP contribution in [0.15, 0.2) is 41.2 Å². The van der Waals surface area contributed by atoms with Crippen molar-refractivity contribution in [3.8, 4) is 11.6 Å². The molecule has 1 aliphatic rings. The van der Waals surface area contributed by atoms with Crippen molar-refractivity contribution in [3.05, 3.63) is 59.3 Å². The Bertz CT molecular complexity index is 893. The number of nitrogens with zero attached hydrogens (tertiary/aromatic N) is 5. The second kappa shape index (κ2) is 8.19. The minimum absolute atomic E-state index is 0.343. The first-order valence-corrected chi connectivity index (χ1v) is 10.0. The van der Waals surface area contributed by atoms with E-state index in [2.05, 4.69) is 63.1 Å². The molecule has 0 bridgehead atoms. The molecule has 0 unspecified atom stereocenters. The largest absolute Gasteiger partial charge is 0.332 e. The summed E-state index contributed by atoms with van der Waals surface area (Å²) in [4.78, 5) is 15.6. The molecule has 1 aromatic carbocycles. The van der Waals surface area contributed by atoms with Gasteiger partial charge in [0.2, 0.25) is 0 Å². The van der Waals surface area contributed by atoms with Crippen LogP contribution in [0.2, 0.25) is 0 Å². The van der Waals surface area contributed by atoms with Crippen molar-refractivity contribution < 1.29 is 4.52 Å². The maximum Gasteiger partial charge on any atom is 0.278 e. The first kappa shape index (κ1) is 18.7.